The second-order valence-electron chi connectivity index (χ2n) is 11.7. The van der Waals surface area contributed by atoms with Crippen LogP contribution in [0.15, 0.2) is 164 Å². The van der Waals surface area contributed by atoms with Crippen molar-refractivity contribution in [2.75, 3.05) is 0 Å². The number of rotatable bonds is 4. The molecule has 7 aromatic carbocycles. The van der Waals surface area contributed by atoms with Crippen molar-refractivity contribution in [1.82, 2.24) is 0 Å². The van der Waals surface area contributed by atoms with E-state index in [-0.39, 0.29) is 0 Å². The van der Waals surface area contributed by atoms with E-state index in [4.69, 9.17) is 11.6 Å². The fourth-order valence-electron chi connectivity index (χ4n) is 7.58. The van der Waals surface area contributed by atoms with Crippen LogP contribution in [0.2, 0.25) is 5.02 Å². The summed E-state index contributed by atoms with van der Waals surface area (Å²) >= 11 is 8.98. The van der Waals surface area contributed by atoms with Gasteiger partial charge < -0.3 is 0 Å². The van der Waals surface area contributed by atoms with E-state index >= 15 is 0 Å². The van der Waals surface area contributed by atoms with Crippen LogP contribution in [0.3, 0.4) is 0 Å². The van der Waals surface area contributed by atoms with Crippen LogP contribution < -0.4 is 0 Å². The van der Waals surface area contributed by atoms with Crippen LogP contribution in [-0.2, 0) is 5.41 Å². The minimum atomic E-state index is -0.507. The maximum Gasteiger partial charge on any atom is 0.0727 e. The van der Waals surface area contributed by atoms with Crippen molar-refractivity contribution in [1.29, 1.82) is 0 Å². The molecule has 9 rings (SSSR count). The smallest absolute Gasteiger partial charge is 0.0727 e. The van der Waals surface area contributed by atoms with E-state index in [9.17, 15) is 0 Å². The van der Waals surface area contributed by atoms with Gasteiger partial charge in [-0.3, -0.25) is 0 Å². The fourth-order valence-corrected chi connectivity index (χ4v) is 9.07. The molecule has 45 heavy (non-hydrogen) atoms. The molecule has 0 N–H and O–H groups in total. The highest BCUT2D eigenvalue weighted by Gasteiger charge is 2.48. The summed E-state index contributed by atoms with van der Waals surface area (Å²) in [5.74, 6) is 0. The Labute approximate surface area is 271 Å². The first-order valence-corrected chi connectivity index (χ1v) is 16.5. The monoisotopic (exact) mass is 610 g/mol. The first-order chi connectivity index (χ1) is 22.2. The topological polar surface area (TPSA) is 0 Å². The zero-order chi connectivity index (χ0) is 30.0. The second kappa shape index (κ2) is 10.3. The van der Waals surface area contributed by atoms with Gasteiger partial charge in [0.05, 0.1) is 5.41 Å². The summed E-state index contributed by atoms with van der Waals surface area (Å²) in [7, 11) is 0. The first-order valence-electron chi connectivity index (χ1n) is 15.3. The molecule has 1 atom stereocenters. The minimum absolute atomic E-state index is 0.507. The molecular weight excluding hydrogens is 584 g/mol. The number of benzene rings is 7. The van der Waals surface area contributed by atoms with E-state index in [0.717, 1.165) is 21.7 Å². The van der Waals surface area contributed by atoms with Crippen molar-refractivity contribution in [2.24, 2.45) is 0 Å². The Hall–Kier alpha value is -4.95. The molecule has 0 amide bonds. The quantitative estimate of drug-likeness (QED) is 0.186. The van der Waals surface area contributed by atoms with Crippen LogP contribution in [0, 0.1) is 0 Å². The van der Waals surface area contributed by atoms with Crippen molar-refractivity contribution in [3.05, 3.63) is 191 Å². The highest BCUT2D eigenvalue weighted by atomic mass is 35.5. The molecule has 1 unspecified atom stereocenters. The standard InChI is InChI=1S/C43H27ClS/c44-39-26-25-29(28-13-3-1-4-14-28)27-35(39)32-19-11-22-37-41(32)34-18-7-9-21-36(34)43(37,30-15-5-2-6-16-30)38-23-12-20-33-31-17-8-10-24-40(31)45-42(33)38/h1-27H. The number of hydrogen-bond acceptors (Lipinski definition) is 1. The molecule has 1 aromatic heterocycles. The van der Waals surface area contributed by atoms with E-state index in [0.29, 0.717) is 0 Å². The van der Waals surface area contributed by atoms with Crippen molar-refractivity contribution >= 4 is 43.1 Å². The number of fused-ring (bicyclic) bond motifs is 6. The summed E-state index contributed by atoms with van der Waals surface area (Å²) in [4.78, 5) is 0. The van der Waals surface area contributed by atoms with Gasteiger partial charge in [-0.05, 0) is 68.3 Å². The molecule has 1 aliphatic carbocycles. The van der Waals surface area contributed by atoms with Crippen molar-refractivity contribution < 1.29 is 0 Å². The van der Waals surface area contributed by atoms with Gasteiger partial charge in [-0.25, -0.2) is 0 Å². The minimum Gasteiger partial charge on any atom is -0.135 e. The SMILES string of the molecule is Clc1ccc(-c2ccccc2)cc1-c1cccc2c1-c1ccccc1C2(c1ccccc1)c1cccc2c1sc1ccccc12. The summed E-state index contributed by atoms with van der Waals surface area (Å²) < 4.78 is 2.65. The molecule has 8 aromatic rings. The lowest BCUT2D eigenvalue weighted by Gasteiger charge is -2.34. The number of thiophene rings is 1. The third kappa shape index (κ3) is 3.85. The van der Waals surface area contributed by atoms with Crippen LogP contribution in [0.5, 0.6) is 0 Å². The maximum absolute atomic E-state index is 7.08. The molecule has 0 saturated heterocycles. The predicted molar refractivity (Wildman–Crippen MR) is 193 cm³/mol. The van der Waals surface area contributed by atoms with Crippen LogP contribution in [0.25, 0.3) is 53.6 Å². The van der Waals surface area contributed by atoms with Crippen molar-refractivity contribution in [2.45, 2.75) is 5.41 Å². The lowest BCUT2D eigenvalue weighted by atomic mass is 9.67. The molecule has 0 nitrogen and oxygen atoms in total. The Morgan fingerprint density at radius 2 is 1.09 bits per heavy atom. The first kappa shape index (κ1) is 26.5. The van der Waals surface area contributed by atoms with Gasteiger partial charge in [-0.15, -0.1) is 11.3 Å². The summed E-state index contributed by atoms with van der Waals surface area (Å²) in [5, 5.41) is 3.38. The number of hydrogen-bond donors (Lipinski definition) is 0. The predicted octanol–water partition coefficient (Wildman–Crippen LogP) is 12.4. The van der Waals surface area contributed by atoms with Crippen molar-refractivity contribution in [3.8, 4) is 33.4 Å². The van der Waals surface area contributed by atoms with E-state index < -0.39 is 5.41 Å². The molecule has 0 fully saturated rings. The highest BCUT2D eigenvalue weighted by molar-refractivity contribution is 7.26. The van der Waals surface area contributed by atoms with Gasteiger partial charge in [0.25, 0.3) is 0 Å². The average molecular weight is 611 g/mol. The van der Waals surface area contributed by atoms with E-state index in [2.05, 4.69) is 158 Å². The molecule has 1 aliphatic rings. The van der Waals surface area contributed by atoms with Gasteiger partial charge >= 0.3 is 0 Å². The molecule has 0 radical (unpaired) electrons. The van der Waals surface area contributed by atoms with Crippen LogP contribution >= 0.6 is 22.9 Å². The molecule has 0 spiro atoms. The Morgan fingerprint density at radius 1 is 0.444 bits per heavy atom. The summed E-state index contributed by atoms with van der Waals surface area (Å²) in [5.41, 5.74) is 11.7. The van der Waals surface area contributed by atoms with Gasteiger partial charge in [-0.2, -0.15) is 0 Å². The Bertz CT molecular complexity index is 2390. The Balaban J connectivity index is 1.41. The maximum atomic E-state index is 7.08. The highest BCUT2D eigenvalue weighted by Crippen LogP contribution is 2.60. The normalized spacial score (nSPS) is 15.3. The van der Waals surface area contributed by atoms with E-state index in [1.165, 1.54) is 59.1 Å². The van der Waals surface area contributed by atoms with Gasteiger partial charge in [0.15, 0.2) is 0 Å². The Morgan fingerprint density at radius 3 is 1.96 bits per heavy atom. The summed E-state index contributed by atoms with van der Waals surface area (Å²) in [6.45, 7) is 0. The molecule has 212 valence electrons. The third-order valence-electron chi connectivity index (χ3n) is 9.45. The average Bonchev–Trinajstić information content (AvgIpc) is 3.64. The zero-order valence-electron chi connectivity index (χ0n) is 24.4. The molecule has 2 heteroatoms. The van der Waals surface area contributed by atoms with Crippen LogP contribution in [-0.4, -0.2) is 0 Å². The zero-order valence-corrected chi connectivity index (χ0v) is 25.9. The van der Waals surface area contributed by atoms with Gasteiger partial charge in [-0.1, -0.05) is 157 Å². The largest absolute Gasteiger partial charge is 0.135 e. The molecule has 1 heterocycles. The molecular formula is C43H27ClS. The summed E-state index contributed by atoms with van der Waals surface area (Å²) in [6.07, 6.45) is 0. The van der Waals surface area contributed by atoms with E-state index in [1.807, 2.05) is 17.4 Å². The summed E-state index contributed by atoms with van der Waals surface area (Å²) in [6, 6.07) is 59.5. The lowest BCUT2D eigenvalue weighted by Crippen LogP contribution is -2.28. The van der Waals surface area contributed by atoms with Gasteiger partial charge in [0, 0.05) is 30.8 Å². The third-order valence-corrected chi connectivity index (χ3v) is 11.0. The van der Waals surface area contributed by atoms with Gasteiger partial charge in [0.1, 0.15) is 0 Å². The molecule has 0 bridgehead atoms. The van der Waals surface area contributed by atoms with Crippen LogP contribution in [0.4, 0.5) is 0 Å². The lowest BCUT2D eigenvalue weighted by molar-refractivity contribution is 0.778. The molecule has 0 saturated carbocycles. The molecule has 0 aliphatic heterocycles. The van der Waals surface area contributed by atoms with E-state index in [1.54, 1.807) is 0 Å². The second-order valence-corrected chi connectivity index (χ2v) is 13.2. The van der Waals surface area contributed by atoms with Crippen molar-refractivity contribution in [3.63, 3.8) is 0 Å². The Kier molecular flexibility index (Phi) is 6.06. The van der Waals surface area contributed by atoms with Gasteiger partial charge in [0.2, 0.25) is 0 Å². The van der Waals surface area contributed by atoms with Crippen LogP contribution in [0.1, 0.15) is 22.3 Å². The fraction of sp³-hybridized carbons (Fsp3) is 0.0233. The number of halogens is 1.